The van der Waals surface area contributed by atoms with E-state index in [9.17, 15) is 31.9 Å². The maximum Gasteiger partial charge on any atom is 0.253 e. The molecule has 1 saturated heterocycles. The number of aliphatic hydroxyl groups excluding tert-OH is 1. The molecule has 0 aromatic heterocycles. The number of piperazine rings is 1. The molecule has 13 heteroatoms. The highest BCUT2D eigenvalue weighted by molar-refractivity contribution is 7.89. The van der Waals surface area contributed by atoms with Crippen LogP contribution in [0.1, 0.15) is 64.1 Å². The minimum atomic E-state index is -4.00. The minimum absolute atomic E-state index is 0.0158. The highest BCUT2D eigenvalue weighted by atomic mass is 32.2. The summed E-state index contributed by atoms with van der Waals surface area (Å²) in [4.78, 5) is 28.8. The third kappa shape index (κ3) is 9.02. The van der Waals surface area contributed by atoms with Crippen molar-refractivity contribution in [1.29, 1.82) is 5.26 Å². The molecule has 1 heterocycles. The lowest BCUT2D eigenvalue weighted by molar-refractivity contribution is 0.0600. The predicted octanol–water partition coefficient (Wildman–Crippen LogP) is 3.77. The van der Waals surface area contributed by atoms with Crippen LogP contribution in [0.5, 0.6) is 0 Å². The molecule has 2 amide bonds. The fourth-order valence-corrected chi connectivity index (χ4v) is 7.36. The van der Waals surface area contributed by atoms with Crippen molar-refractivity contribution in [3.8, 4) is 6.07 Å². The number of halogens is 2. The first-order valence-corrected chi connectivity index (χ1v) is 17.4. The Morgan fingerprint density at radius 3 is 2.27 bits per heavy atom. The second kappa shape index (κ2) is 16.3. The third-order valence-electron chi connectivity index (χ3n) is 8.17. The van der Waals surface area contributed by atoms with Crippen LogP contribution in [-0.4, -0.2) is 85.5 Å². The maximum atomic E-state index is 14.2. The van der Waals surface area contributed by atoms with E-state index in [1.165, 1.54) is 34.6 Å². The van der Waals surface area contributed by atoms with Crippen LogP contribution in [0.2, 0.25) is 0 Å². The second-order valence-electron chi connectivity index (χ2n) is 12.0. The van der Waals surface area contributed by atoms with E-state index in [0.717, 1.165) is 25.0 Å². The van der Waals surface area contributed by atoms with Gasteiger partial charge in [-0.2, -0.15) is 9.57 Å². The highest BCUT2D eigenvalue weighted by Gasteiger charge is 2.37. The van der Waals surface area contributed by atoms with Gasteiger partial charge in [-0.1, -0.05) is 13.8 Å². The first-order valence-electron chi connectivity index (χ1n) is 15.9. The SMILES string of the molecule is CCCN(CCC)C(=O)c1cc(C)cc(C(=O)N[C@@H](Cc2cc(F)cc(F)c2)[C@H](O)[C@H]2CN(S(=O)(=O)c3ccc(C#N)cc3)CCN2)c1. The number of sulfonamides is 1. The van der Waals surface area contributed by atoms with Crippen molar-refractivity contribution in [1.82, 2.24) is 19.8 Å². The molecule has 3 aromatic rings. The fourth-order valence-electron chi connectivity index (χ4n) is 5.89. The minimum Gasteiger partial charge on any atom is -0.389 e. The maximum absolute atomic E-state index is 14.2. The molecule has 3 N–H and O–H groups in total. The molecule has 3 aromatic carbocycles. The van der Waals surface area contributed by atoms with Crippen LogP contribution in [-0.2, 0) is 16.4 Å². The zero-order chi connectivity index (χ0) is 35.0. The standard InChI is InChI=1S/C35H41F2N5O5S/c1-4-11-41(12-5-2)35(45)27-15-23(3)14-26(19-27)34(44)40-31(18-25-16-28(36)20-29(37)17-25)33(43)32-22-42(13-10-39-32)48(46,47)30-8-6-24(21-38)7-9-30/h6-9,14-17,19-20,31-33,39,43H,4-5,10-13,18,22H2,1-3H3,(H,40,44)/t31-,32+,33-/m0/s1. The molecular formula is C35H41F2N5O5S. The van der Waals surface area contributed by atoms with Gasteiger partial charge < -0.3 is 20.6 Å². The van der Waals surface area contributed by atoms with Crippen LogP contribution < -0.4 is 10.6 Å². The van der Waals surface area contributed by atoms with Crippen LogP contribution in [0.15, 0.2) is 65.6 Å². The highest BCUT2D eigenvalue weighted by Crippen LogP contribution is 2.21. The third-order valence-corrected chi connectivity index (χ3v) is 10.0. The van der Waals surface area contributed by atoms with Crippen molar-refractivity contribution in [3.63, 3.8) is 0 Å². The van der Waals surface area contributed by atoms with Gasteiger partial charge in [0.15, 0.2) is 0 Å². The number of rotatable bonds is 13. The van der Waals surface area contributed by atoms with Crippen molar-refractivity contribution in [2.45, 2.75) is 63.1 Å². The number of nitrogens with one attached hydrogen (secondary N) is 2. The van der Waals surface area contributed by atoms with Gasteiger partial charge in [0.25, 0.3) is 11.8 Å². The molecule has 1 fully saturated rings. The molecule has 0 bridgehead atoms. The lowest BCUT2D eigenvalue weighted by Gasteiger charge is -2.38. The predicted molar refractivity (Wildman–Crippen MR) is 177 cm³/mol. The molecule has 48 heavy (non-hydrogen) atoms. The fraction of sp³-hybridized carbons (Fsp3) is 0.400. The van der Waals surface area contributed by atoms with E-state index >= 15 is 0 Å². The van der Waals surface area contributed by atoms with Crippen LogP contribution >= 0.6 is 0 Å². The Hall–Kier alpha value is -4.22. The molecule has 0 unspecified atom stereocenters. The summed E-state index contributed by atoms with van der Waals surface area (Å²) < 4.78 is 56.4. The van der Waals surface area contributed by atoms with Gasteiger partial charge in [-0.15, -0.1) is 0 Å². The molecular weight excluding hydrogens is 640 g/mol. The monoisotopic (exact) mass is 681 g/mol. The van der Waals surface area contributed by atoms with Crippen molar-refractivity contribution >= 4 is 21.8 Å². The van der Waals surface area contributed by atoms with Gasteiger partial charge in [0, 0.05) is 56.0 Å². The number of aliphatic hydroxyl groups is 1. The molecule has 256 valence electrons. The molecule has 10 nitrogen and oxygen atoms in total. The average Bonchev–Trinajstić information content (AvgIpc) is 3.06. The van der Waals surface area contributed by atoms with Crippen molar-refractivity contribution in [3.05, 3.63) is 100 Å². The zero-order valence-corrected chi connectivity index (χ0v) is 28.1. The number of benzene rings is 3. The Balaban J connectivity index is 1.61. The Morgan fingerprint density at radius 2 is 1.67 bits per heavy atom. The Kier molecular flexibility index (Phi) is 12.4. The number of aryl methyl sites for hydroxylation is 1. The first-order chi connectivity index (χ1) is 22.9. The number of nitrogens with zero attached hydrogens (tertiary/aromatic N) is 3. The van der Waals surface area contributed by atoms with Crippen LogP contribution in [0, 0.1) is 29.9 Å². The van der Waals surface area contributed by atoms with Gasteiger partial charge in [0.1, 0.15) is 11.6 Å². The lowest BCUT2D eigenvalue weighted by atomic mass is 9.94. The van der Waals surface area contributed by atoms with Crippen molar-refractivity contribution in [2.24, 2.45) is 0 Å². The summed E-state index contributed by atoms with van der Waals surface area (Å²) in [5, 5.41) is 26.6. The van der Waals surface area contributed by atoms with Gasteiger partial charge in [0.05, 0.1) is 28.7 Å². The Morgan fingerprint density at radius 1 is 1.04 bits per heavy atom. The lowest BCUT2D eigenvalue weighted by Crippen LogP contribution is -2.62. The summed E-state index contributed by atoms with van der Waals surface area (Å²) in [5.74, 6) is -2.49. The quantitative estimate of drug-likeness (QED) is 0.249. The van der Waals surface area contributed by atoms with Gasteiger partial charge in [-0.3, -0.25) is 9.59 Å². The van der Waals surface area contributed by atoms with Gasteiger partial charge in [0.2, 0.25) is 10.0 Å². The van der Waals surface area contributed by atoms with E-state index in [0.29, 0.717) is 35.8 Å². The van der Waals surface area contributed by atoms with Crippen LogP contribution in [0.25, 0.3) is 0 Å². The molecule has 4 rings (SSSR count). The number of carbonyl (C=O) groups is 2. The number of hydrogen-bond acceptors (Lipinski definition) is 7. The number of amides is 2. The summed E-state index contributed by atoms with van der Waals surface area (Å²) in [7, 11) is -4.00. The topological polar surface area (TPSA) is 143 Å². The smallest absolute Gasteiger partial charge is 0.253 e. The van der Waals surface area contributed by atoms with Crippen LogP contribution in [0.4, 0.5) is 8.78 Å². The van der Waals surface area contributed by atoms with Gasteiger partial charge in [-0.25, -0.2) is 17.2 Å². The molecule has 0 spiro atoms. The summed E-state index contributed by atoms with van der Waals surface area (Å²) in [6.07, 6.45) is -0.0469. The van der Waals surface area contributed by atoms with Gasteiger partial charge in [-0.05, 0) is 91.9 Å². The largest absolute Gasteiger partial charge is 0.389 e. The van der Waals surface area contributed by atoms with E-state index in [1.807, 2.05) is 19.9 Å². The van der Waals surface area contributed by atoms with E-state index in [-0.39, 0.29) is 48.0 Å². The molecule has 0 radical (unpaired) electrons. The normalized spacial score (nSPS) is 16.5. The second-order valence-corrected chi connectivity index (χ2v) is 13.9. The Bertz CT molecular complexity index is 1740. The van der Waals surface area contributed by atoms with E-state index < -0.39 is 45.8 Å². The summed E-state index contributed by atoms with van der Waals surface area (Å²) in [5.41, 5.74) is 1.64. The van der Waals surface area contributed by atoms with E-state index in [1.54, 1.807) is 24.0 Å². The Labute approximate surface area is 280 Å². The molecule has 1 aliphatic heterocycles. The van der Waals surface area contributed by atoms with E-state index in [4.69, 9.17) is 5.26 Å². The molecule has 3 atom stereocenters. The summed E-state index contributed by atoms with van der Waals surface area (Å²) in [6.45, 7) is 6.95. The van der Waals surface area contributed by atoms with Crippen molar-refractivity contribution < 1.29 is 31.9 Å². The number of nitriles is 1. The summed E-state index contributed by atoms with van der Waals surface area (Å²) >= 11 is 0. The van der Waals surface area contributed by atoms with E-state index in [2.05, 4.69) is 10.6 Å². The number of hydrogen-bond donors (Lipinski definition) is 3. The summed E-state index contributed by atoms with van der Waals surface area (Å²) in [6, 6.07) is 13.2. The number of carbonyl (C=O) groups excluding carboxylic acids is 2. The molecule has 0 aliphatic carbocycles. The zero-order valence-electron chi connectivity index (χ0n) is 27.2. The molecule has 1 aliphatic rings. The molecule has 0 saturated carbocycles. The van der Waals surface area contributed by atoms with Crippen molar-refractivity contribution in [2.75, 3.05) is 32.7 Å². The first kappa shape index (κ1) is 36.6. The van der Waals surface area contributed by atoms with Gasteiger partial charge >= 0.3 is 0 Å². The van der Waals surface area contributed by atoms with Crippen LogP contribution in [0.3, 0.4) is 0 Å². The average molecular weight is 682 g/mol.